The molecule has 3 atom stereocenters. The topological polar surface area (TPSA) is 96.0 Å². The van der Waals surface area contributed by atoms with Crippen molar-refractivity contribution < 1.29 is 22.7 Å². The Morgan fingerprint density at radius 2 is 1.90 bits per heavy atom. The van der Waals surface area contributed by atoms with Crippen molar-refractivity contribution in [2.24, 2.45) is 0 Å². The van der Waals surface area contributed by atoms with Crippen LogP contribution in [0.15, 0.2) is 30.3 Å². The first-order valence-corrected chi connectivity index (χ1v) is 12.9. The average molecular weight is 452 g/mol. The van der Waals surface area contributed by atoms with Gasteiger partial charge in [-0.3, -0.25) is 9.59 Å². The minimum atomic E-state index is -3.40. The molecule has 172 valence electrons. The second-order valence-electron chi connectivity index (χ2n) is 8.40. The van der Waals surface area contributed by atoms with Crippen molar-refractivity contribution in [2.45, 2.75) is 57.2 Å². The van der Waals surface area contributed by atoms with Gasteiger partial charge in [0.2, 0.25) is 15.9 Å². The first-order chi connectivity index (χ1) is 14.8. The van der Waals surface area contributed by atoms with Gasteiger partial charge in [-0.15, -0.1) is 0 Å². The summed E-state index contributed by atoms with van der Waals surface area (Å²) in [6.45, 7) is 3.93. The Morgan fingerprint density at radius 3 is 2.58 bits per heavy atom. The highest BCUT2D eigenvalue weighted by Gasteiger charge is 2.37. The van der Waals surface area contributed by atoms with Crippen LogP contribution >= 0.6 is 0 Å². The number of benzene rings is 1. The summed E-state index contributed by atoms with van der Waals surface area (Å²) in [5.74, 6) is 0.0177. The molecule has 2 amide bonds. The number of hydrogen-bond donors (Lipinski definition) is 1. The van der Waals surface area contributed by atoms with E-state index in [1.165, 1.54) is 0 Å². The van der Waals surface area contributed by atoms with Crippen LogP contribution in [-0.2, 0) is 19.6 Å². The average Bonchev–Trinajstić information content (AvgIpc) is 3.21. The van der Waals surface area contributed by atoms with Crippen LogP contribution in [0.1, 0.15) is 49.4 Å². The molecule has 1 aromatic carbocycles. The summed E-state index contributed by atoms with van der Waals surface area (Å²) >= 11 is 0. The molecule has 3 rings (SSSR count). The van der Waals surface area contributed by atoms with Crippen LogP contribution in [0.25, 0.3) is 0 Å². The SMILES string of the molecule is CCCC(=O)N1CCC[C@H](NS(C)(=O)=O)[C@@H]1CO[C@@H]1CCN(C(=O)c2ccccc2)C1. The Kier molecular flexibility index (Phi) is 8.07. The maximum absolute atomic E-state index is 12.7. The largest absolute Gasteiger partial charge is 0.374 e. The number of carbonyl (C=O) groups is 2. The van der Waals surface area contributed by atoms with Crippen molar-refractivity contribution >= 4 is 21.8 Å². The second kappa shape index (κ2) is 10.6. The molecule has 0 unspecified atom stereocenters. The lowest BCUT2D eigenvalue weighted by atomic mass is 9.96. The van der Waals surface area contributed by atoms with E-state index < -0.39 is 10.0 Å². The fraction of sp³-hybridized carbons (Fsp3) is 0.636. The third kappa shape index (κ3) is 6.51. The van der Waals surface area contributed by atoms with E-state index >= 15 is 0 Å². The molecule has 0 spiro atoms. The smallest absolute Gasteiger partial charge is 0.253 e. The molecular weight excluding hydrogens is 418 g/mol. The van der Waals surface area contributed by atoms with E-state index in [2.05, 4.69) is 4.72 Å². The number of nitrogens with zero attached hydrogens (tertiary/aromatic N) is 2. The summed E-state index contributed by atoms with van der Waals surface area (Å²) in [7, 11) is -3.40. The first kappa shape index (κ1) is 23.7. The Balaban J connectivity index is 1.63. The number of amides is 2. The molecule has 8 nitrogen and oxygen atoms in total. The summed E-state index contributed by atoms with van der Waals surface area (Å²) in [6, 6.07) is 8.46. The summed E-state index contributed by atoms with van der Waals surface area (Å²) in [5, 5.41) is 0. The van der Waals surface area contributed by atoms with Crippen LogP contribution in [0.3, 0.4) is 0 Å². The lowest BCUT2D eigenvalue weighted by Crippen LogP contribution is -2.59. The van der Waals surface area contributed by atoms with Crippen molar-refractivity contribution in [3.8, 4) is 0 Å². The number of sulfonamides is 1. The molecule has 0 radical (unpaired) electrons. The van der Waals surface area contributed by atoms with Gasteiger partial charge in [0.1, 0.15) is 0 Å². The van der Waals surface area contributed by atoms with Gasteiger partial charge in [-0.05, 0) is 37.8 Å². The first-order valence-electron chi connectivity index (χ1n) is 11.0. The Morgan fingerprint density at radius 1 is 1.16 bits per heavy atom. The molecular formula is C22H33N3O5S. The van der Waals surface area contributed by atoms with E-state index in [1.54, 1.807) is 21.9 Å². The molecule has 0 bridgehead atoms. The van der Waals surface area contributed by atoms with Gasteiger partial charge in [0.05, 0.1) is 25.0 Å². The number of hydrogen-bond acceptors (Lipinski definition) is 5. The van der Waals surface area contributed by atoms with Crippen LogP contribution in [-0.4, -0.2) is 80.7 Å². The van der Waals surface area contributed by atoms with Crippen molar-refractivity contribution in [1.82, 2.24) is 14.5 Å². The van der Waals surface area contributed by atoms with Gasteiger partial charge in [-0.1, -0.05) is 25.1 Å². The minimum Gasteiger partial charge on any atom is -0.374 e. The summed E-state index contributed by atoms with van der Waals surface area (Å²) in [5.41, 5.74) is 0.657. The van der Waals surface area contributed by atoms with Crippen molar-refractivity contribution in [2.75, 3.05) is 32.5 Å². The standard InChI is InChI=1S/C22H33N3O5S/c1-3-8-21(26)25-13-7-11-19(23-31(2,28)29)20(25)16-30-18-12-14-24(15-18)22(27)17-9-5-4-6-10-17/h4-6,9-10,18-20,23H,3,7-8,11-16H2,1-2H3/t18-,19+,20+/m1/s1. The zero-order valence-electron chi connectivity index (χ0n) is 18.3. The van der Waals surface area contributed by atoms with Crippen LogP contribution in [0, 0.1) is 0 Å². The van der Waals surface area contributed by atoms with E-state index in [9.17, 15) is 18.0 Å². The van der Waals surface area contributed by atoms with E-state index in [-0.39, 0.29) is 36.6 Å². The second-order valence-corrected chi connectivity index (χ2v) is 10.2. The number of piperidine rings is 1. The van der Waals surface area contributed by atoms with Crippen molar-refractivity contribution in [1.29, 1.82) is 0 Å². The molecule has 0 aliphatic carbocycles. The van der Waals surface area contributed by atoms with E-state index in [4.69, 9.17) is 4.74 Å². The van der Waals surface area contributed by atoms with E-state index in [0.717, 1.165) is 25.5 Å². The number of ether oxygens (including phenoxy) is 1. The molecule has 2 fully saturated rings. The van der Waals surface area contributed by atoms with Gasteiger partial charge in [0.25, 0.3) is 5.91 Å². The van der Waals surface area contributed by atoms with Crippen molar-refractivity contribution in [3.63, 3.8) is 0 Å². The fourth-order valence-electron chi connectivity index (χ4n) is 4.39. The monoisotopic (exact) mass is 451 g/mol. The maximum atomic E-state index is 12.7. The molecule has 2 aliphatic rings. The predicted octanol–water partition coefficient (Wildman–Crippen LogP) is 1.63. The van der Waals surface area contributed by atoms with Crippen molar-refractivity contribution in [3.05, 3.63) is 35.9 Å². The van der Waals surface area contributed by atoms with Gasteiger partial charge < -0.3 is 14.5 Å². The molecule has 9 heteroatoms. The maximum Gasteiger partial charge on any atom is 0.253 e. The predicted molar refractivity (Wildman–Crippen MR) is 118 cm³/mol. The third-order valence-electron chi connectivity index (χ3n) is 5.88. The number of likely N-dealkylation sites (tertiary alicyclic amines) is 2. The zero-order valence-corrected chi connectivity index (χ0v) is 19.1. The molecule has 2 heterocycles. The number of rotatable bonds is 8. The van der Waals surface area contributed by atoms with E-state index in [0.29, 0.717) is 38.0 Å². The van der Waals surface area contributed by atoms with Gasteiger partial charge in [0.15, 0.2) is 0 Å². The Bertz CT molecular complexity index is 861. The molecule has 2 saturated heterocycles. The van der Waals surface area contributed by atoms with Gasteiger partial charge >= 0.3 is 0 Å². The van der Waals surface area contributed by atoms with Gasteiger partial charge in [0, 0.05) is 37.7 Å². The van der Waals surface area contributed by atoms with Gasteiger partial charge in [-0.25, -0.2) is 13.1 Å². The van der Waals surface area contributed by atoms with E-state index in [1.807, 2.05) is 25.1 Å². The molecule has 31 heavy (non-hydrogen) atoms. The van der Waals surface area contributed by atoms with Crippen LogP contribution in [0.4, 0.5) is 0 Å². The normalized spacial score (nSPS) is 24.4. The fourth-order valence-corrected chi connectivity index (χ4v) is 5.21. The molecule has 1 aromatic rings. The third-order valence-corrected chi connectivity index (χ3v) is 6.62. The number of nitrogens with one attached hydrogen (secondary N) is 1. The lowest BCUT2D eigenvalue weighted by molar-refractivity contribution is -0.138. The molecule has 1 N–H and O–H groups in total. The molecule has 2 aliphatic heterocycles. The number of carbonyl (C=O) groups excluding carboxylic acids is 2. The van der Waals surface area contributed by atoms with Crippen LogP contribution in [0.2, 0.25) is 0 Å². The summed E-state index contributed by atoms with van der Waals surface area (Å²) in [6.07, 6.45) is 4.33. The highest BCUT2D eigenvalue weighted by atomic mass is 32.2. The van der Waals surface area contributed by atoms with Crippen LogP contribution in [0.5, 0.6) is 0 Å². The molecule has 0 saturated carbocycles. The Hall–Kier alpha value is -1.97. The minimum absolute atomic E-state index is 0.0132. The quantitative estimate of drug-likeness (QED) is 0.648. The van der Waals surface area contributed by atoms with Gasteiger partial charge in [-0.2, -0.15) is 0 Å². The highest BCUT2D eigenvalue weighted by Crippen LogP contribution is 2.23. The Labute approximate surface area is 185 Å². The summed E-state index contributed by atoms with van der Waals surface area (Å²) in [4.78, 5) is 28.9. The lowest BCUT2D eigenvalue weighted by Gasteiger charge is -2.41. The highest BCUT2D eigenvalue weighted by molar-refractivity contribution is 7.88. The van der Waals surface area contributed by atoms with Crippen LogP contribution < -0.4 is 4.72 Å². The summed E-state index contributed by atoms with van der Waals surface area (Å²) < 4.78 is 32.6. The molecule has 0 aromatic heterocycles. The zero-order chi connectivity index (χ0) is 22.4.